The zero-order valence-electron chi connectivity index (χ0n) is 8.10. The minimum Gasteiger partial charge on any atom is -0.326 e. The first-order chi connectivity index (χ1) is 7.31. The molecule has 1 aromatic heterocycles. The van der Waals surface area contributed by atoms with Gasteiger partial charge in [-0.05, 0) is 24.3 Å². The molecule has 2 aliphatic rings. The van der Waals surface area contributed by atoms with Gasteiger partial charge in [-0.25, -0.2) is 4.98 Å². The zero-order valence-corrected chi connectivity index (χ0v) is 8.10. The standard InChI is InChI=1S/C11H11N3O/c15-10-3-4-12-11(14-10)13-9-2-1-7-5-8(7)6-9/h1-4,6-8H,5H2,(H2,12,13,14,15). The lowest BCUT2D eigenvalue weighted by atomic mass is 10.1. The number of hydrogen-bond donors (Lipinski definition) is 2. The molecule has 0 bridgehead atoms. The molecule has 2 aliphatic carbocycles. The van der Waals surface area contributed by atoms with Crippen LogP contribution < -0.4 is 10.9 Å². The molecule has 1 saturated carbocycles. The Morgan fingerprint density at radius 3 is 3.20 bits per heavy atom. The Morgan fingerprint density at radius 1 is 1.47 bits per heavy atom. The number of nitrogens with one attached hydrogen (secondary N) is 2. The van der Waals surface area contributed by atoms with Crippen molar-refractivity contribution >= 4 is 5.95 Å². The van der Waals surface area contributed by atoms with E-state index in [-0.39, 0.29) is 5.56 Å². The Labute approximate surface area is 86.7 Å². The normalized spacial score (nSPS) is 26.8. The molecule has 4 nitrogen and oxygen atoms in total. The third-order valence-electron chi connectivity index (χ3n) is 2.74. The lowest BCUT2D eigenvalue weighted by molar-refractivity contribution is 0.961. The average Bonchev–Trinajstić information content (AvgIpc) is 2.96. The maximum absolute atomic E-state index is 11.0. The molecule has 1 heterocycles. The van der Waals surface area contributed by atoms with Gasteiger partial charge in [0.25, 0.3) is 5.56 Å². The Morgan fingerprint density at radius 2 is 2.40 bits per heavy atom. The molecule has 3 rings (SSSR count). The number of hydrogen-bond acceptors (Lipinski definition) is 3. The number of H-pyrrole nitrogens is 1. The molecule has 1 aromatic rings. The van der Waals surface area contributed by atoms with Gasteiger partial charge in [0, 0.05) is 18.0 Å². The van der Waals surface area contributed by atoms with E-state index in [0.717, 1.165) is 11.6 Å². The monoisotopic (exact) mass is 201 g/mol. The van der Waals surface area contributed by atoms with Crippen LogP contribution in [0.5, 0.6) is 0 Å². The van der Waals surface area contributed by atoms with Crippen molar-refractivity contribution in [1.29, 1.82) is 0 Å². The third kappa shape index (κ3) is 1.70. The van der Waals surface area contributed by atoms with Crippen LogP contribution in [-0.4, -0.2) is 9.97 Å². The van der Waals surface area contributed by atoms with Crippen molar-refractivity contribution < 1.29 is 0 Å². The summed E-state index contributed by atoms with van der Waals surface area (Å²) < 4.78 is 0. The highest BCUT2D eigenvalue weighted by molar-refractivity contribution is 5.43. The second-order valence-corrected chi connectivity index (χ2v) is 3.95. The van der Waals surface area contributed by atoms with Gasteiger partial charge >= 0.3 is 0 Å². The summed E-state index contributed by atoms with van der Waals surface area (Å²) in [5.41, 5.74) is 0.875. The van der Waals surface area contributed by atoms with E-state index >= 15 is 0 Å². The molecule has 4 heteroatoms. The minimum atomic E-state index is -0.141. The Bertz CT molecular complexity index is 501. The fraction of sp³-hybridized carbons (Fsp3) is 0.273. The molecule has 1 fully saturated rings. The van der Waals surface area contributed by atoms with Gasteiger partial charge in [-0.3, -0.25) is 9.78 Å². The lowest BCUT2D eigenvalue weighted by Gasteiger charge is -2.08. The number of aromatic amines is 1. The fourth-order valence-electron chi connectivity index (χ4n) is 1.82. The summed E-state index contributed by atoms with van der Waals surface area (Å²) in [7, 11) is 0. The molecule has 76 valence electrons. The van der Waals surface area contributed by atoms with Crippen molar-refractivity contribution in [1.82, 2.24) is 9.97 Å². The summed E-state index contributed by atoms with van der Waals surface area (Å²) in [6.07, 6.45) is 9.18. The van der Waals surface area contributed by atoms with Crippen LogP contribution in [0.2, 0.25) is 0 Å². The van der Waals surface area contributed by atoms with Crippen molar-refractivity contribution in [3.63, 3.8) is 0 Å². The van der Waals surface area contributed by atoms with E-state index in [0.29, 0.717) is 11.9 Å². The number of allylic oxidation sites excluding steroid dienone is 3. The number of nitrogens with zero attached hydrogens (tertiary/aromatic N) is 1. The molecule has 2 unspecified atom stereocenters. The van der Waals surface area contributed by atoms with Crippen molar-refractivity contribution in [3.05, 3.63) is 46.5 Å². The second kappa shape index (κ2) is 3.08. The van der Waals surface area contributed by atoms with Crippen molar-refractivity contribution in [2.75, 3.05) is 5.32 Å². The molecule has 2 N–H and O–H groups in total. The van der Waals surface area contributed by atoms with Crippen LogP contribution in [0.4, 0.5) is 5.95 Å². The van der Waals surface area contributed by atoms with Crippen LogP contribution in [0.25, 0.3) is 0 Å². The van der Waals surface area contributed by atoms with Crippen LogP contribution in [0.3, 0.4) is 0 Å². The smallest absolute Gasteiger partial charge is 0.252 e. The molecule has 0 aromatic carbocycles. The highest BCUT2D eigenvalue weighted by Crippen LogP contribution is 2.44. The Hall–Kier alpha value is -1.84. The van der Waals surface area contributed by atoms with Gasteiger partial charge in [0.05, 0.1) is 0 Å². The molecule has 15 heavy (non-hydrogen) atoms. The summed E-state index contributed by atoms with van der Waals surface area (Å²) in [6.45, 7) is 0. The van der Waals surface area contributed by atoms with Crippen molar-refractivity contribution in [3.8, 4) is 0 Å². The van der Waals surface area contributed by atoms with Crippen LogP contribution in [0.1, 0.15) is 6.42 Å². The fourth-order valence-corrected chi connectivity index (χ4v) is 1.82. The number of rotatable bonds is 2. The number of aromatic nitrogens is 2. The van der Waals surface area contributed by atoms with Gasteiger partial charge in [-0.1, -0.05) is 12.2 Å². The van der Waals surface area contributed by atoms with Crippen LogP contribution >= 0.6 is 0 Å². The van der Waals surface area contributed by atoms with Crippen molar-refractivity contribution in [2.45, 2.75) is 6.42 Å². The van der Waals surface area contributed by atoms with E-state index < -0.39 is 0 Å². The SMILES string of the molecule is O=c1ccnc(NC2=CC3CC3C=C2)[nH]1. The van der Waals surface area contributed by atoms with Crippen LogP contribution in [-0.2, 0) is 0 Å². The molecule has 0 radical (unpaired) electrons. The summed E-state index contributed by atoms with van der Waals surface area (Å²) >= 11 is 0. The van der Waals surface area contributed by atoms with E-state index in [1.54, 1.807) is 0 Å². The summed E-state index contributed by atoms with van der Waals surface area (Å²) in [6, 6.07) is 1.40. The van der Waals surface area contributed by atoms with Gasteiger partial charge in [-0.2, -0.15) is 0 Å². The predicted octanol–water partition coefficient (Wildman–Crippen LogP) is 1.27. The van der Waals surface area contributed by atoms with Gasteiger partial charge in [0.1, 0.15) is 0 Å². The van der Waals surface area contributed by atoms with Gasteiger partial charge < -0.3 is 5.32 Å². The van der Waals surface area contributed by atoms with Gasteiger partial charge in [-0.15, -0.1) is 0 Å². The quantitative estimate of drug-likeness (QED) is 0.757. The highest BCUT2D eigenvalue weighted by atomic mass is 16.1. The maximum atomic E-state index is 11.0. The molecular weight excluding hydrogens is 190 g/mol. The molecule has 0 aliphatic heterocycles. The second-order valence-electron chi connectivity index (χ2n) is 3.95. The van der Waals surface area contributed by atoms with Gasteiger partial charge in [0.2, 0.25) is 5.95 Å². The predicted molar refractivity (Wildman–Crippen MR) is 57.3 cm³/mol. The Kier molecular flexibility index (Phi) is 1.74. The summed E-state index contributed by atoms with van der Waals surface area (Å²) in [5.74, 6) is 1.93. The van der Waals surface area contributed by atoms with E-state index in [9.17, 15) is 4.79 Å². The van der Waals surface area contributed by atoms with E-state index in [4.69, 9.17) is 0 Å². The minimum absolute atomic E-state index is 0.141. The van der Waals surface area contributed by atoms with Crippen LogP contribution in [0, 0.1) is 11.8 Å². The summed E-state index contributed by atoms with van der Waals surface area (Å²) in [5, 5.41) is 3.09. The van der Waals surface area contributed by atoms with E-state index in [1.165, 1.54) is 18.7 Å². The van der Waals surface area contributed by atoms with Gasteiger partial charge in [0.15, 0.2) is 0 Å². The van der Waals surface area contributed by atoms with Crippen molar-refractivity contribution in [2.24, 2.45) is 11.8 Å². The third-order valence-corrected chi connectivity index (χ3v) is 2.74. The highest BCUT2D eigenvalue weighted by Gasteiger charge is 2.34. The lowest BCUT2D eigenvalue weighted by Crippen LogP contribution is -2.10. The topological polar surface area (TPSA) is 57.8 Å². The van der Waals surface area contributed by atoms with Crippen LogP contribution in [0.15, 0.2) is 41.0 Å². The maximum Gasteiger partial charge on any atom is 0.252 e. The largest absolute Gasteiger partial charge is 0.326 e. The molecule has 0 saturated heterocycles. The molecule has 2 atom stereocenters. The number of anilines is 1. The van der Waals surface area contributed by atoms with E-state index in [2.05, 4.69) is 27.4 Å². The van der Waals surface area contributed by atoms with E-state index in [1.807, 2.05) is 6.08 Å². The molecule has 0 amide bonds. The summed E-state index contributed by atoms with van der Waals surface area (Å²) in [4.78, 5) is 17.7. The first-order valence-electron chi connectivity index (χ1n) is 5.04. The first kappa shape index (κ1) is 8.47. The first-order valence-corrected chi connectivity index (χ1v) is 5.04. The molecular formula is C11H11N3O. The zero-order chi connectivity index (χ0) is 10.3. The molecule has 0 spiro atoms. The average molecular weight is 201 g/mol. The Balaban J connectivity index is 1.80. The number of fused-ring (bicyclic) bond motifs is 1.